The Hall–Kier alpha value is -1.63. The highest BCUT2D eigenvalue weighted by molar-refractivity contribution is 6.29. The molecule has 0 radical (unpaired) electrons. The average molecular weight is 249 g/mol. The van der Waals surface area contributed by atoms with Gasteiger partial charge in [-0.05, 0) is 6.07 Å². The number of hydrogen-bond donors (Lipinski definition) is 0. The van der Waals surface area contributed by atoms with Crippen LogP contribution in [0.2, 0.25) is 5.15 Å². The van der Waals surface area contributed by atoms with E-state index in [1.807, 2.05) is 0 Å². The Labute approximate surface area is 92.7 Å². The van der Waals surface area contributed by atoms with Gasteiger partial charge in [-0.3, -0.25) is 0 Å². The van der Waals surface area contributed by atoms with Gasteiger partial charge in [-0.2, -0.15) is 18.3 Å². The van der Waals surface area contributed by atoms with Crippen LogP contribution in [-0.2, 0) is 6.18 Å². The van der Waals surface area contributed by atoms with Crippen LogP contribution in [0.1, 0.15) is 5.82 Å². The van der Waals surface area contributed by atoms with Crippen LogP contribution in [0.3, 0.4) is 0 Å². The van der Waals surface area contributed by atoms with Gasteiger partial charge in [0.2, 0.25) is 5.82 Å². The minimum absolute atomic E-state index is 0.236. The van der Waals surface area contributed by atoms with Gasteiger partial charge in [0.05, 0.1) is 12.4 Å². The summed E-state index contributed by atoms with van der Waals surface area (Å²) in [6.45, 7) is 0. The first kappa shape index (κ1) is 10.9. The topological polar surface area (TPSA) is 43.6 Å². The molecular formula is C8H4ClF3N4. The third-order valence-electron chi connectivity index (χ3n) is 1.71. The number of alkyl halides is 3. The maximum atomic E-state index is 12.2. The van der Waals surface area contributed by atoms with Gasteiger partial charge in [0.25, 0.3) is 0 Å². The SMILES string of the molecule is FC(F)(F)c1ncc(-n2ccc(Cl)n2)cn1. The lowest BCUT2D eigenvalue weighted by Crippen LogP contribution is -2.11. The van der Waals surface area contributed by atoms with Crippen molar-refractivity contribution < 1.29 is 13.2 Å². The van der Waals surface area contributed by atoms with Crippen LogP contribution in [0.15, 0.2) is 24.7 Å². The summed E-state index contributed by atoms with van der Waals surface area (Å²) >= 11 is 5.56. The van der Waals surface area contributed by atoms with E-state index in [9.17, 15) is 13.2 Å². The van der Waals surface area contributed by atoms with E-state index >= 15 is 0 Å². The van der Waals surface area contributed by atoms with Crippen molar-refractivity contribution in [2.45, 2.75) is 6.18 Å². The van der Waals surface area contributed by atoms with Crippen molar-refractivity contribution in [2.75, 3.05) is 0 Å². The summed E-state index contributed by atoms with van der Waals surface area (Å²) in [7, 11) is 0. The first-order valence-electron chi connectivity index (χ1n) is 4.07. The van der Waals surface area contributed by atoms with E-state index in [-0.39, 0.29) is 5.15 Å². The van der Waals surface area contributed by atoms with Gasteiger partial charge < -0.3 is 0 Å². The van der Waals surface area contributed by atoms with Crippen LogP contribution in [-0.4, -0.2) is 19.7 Å². The molecule has 0 aliphatic carbocycles. The minimum Gasteiger partial charge on any atom is -0.236 e. The van der Waals surface area contributed by atoms with Crippen LogP contribution >= 0.6 is 11.6 Å². The second kappa shape index (κ2) is 3.75. The van der Waals surface area contributed by atoms with Gasteiger partial charge in [-0.25, -0.2) is 14.6 Å². The van der Waals surface area contributed by atoms with Gasteiger partial charge in [0.1, 0.15) is 5.69 Å². The van der Waals surface area contributed by atoms with Crippen LogP contribution in [0, 0.1) is 0 Å². The molecule has 16 heavy (non-hydrogen) atoms. The summed E-state index contributed by atoms with van der Waals surface area (Å²) < 4.78 is 37.8. The quantitative estimate of drug-likeness (QED) is 0.778. The normalized spacial score (nSPS) is 11.8. The minimum atomic E-state index is -4.54. The molecular weight excluding hydrogens is 245 g/mol. The zero-order valence-electron chi connectivity index (χ0n) is 7.61. The Morgan fingerprint density at radius 2 is 1.81 bits per heavy atom. The highest BCUT2D eigenvalue weighted by atomic mass is 35.5. The third-order valence-corrected chi connectivity index (χ3v) is 1.91. The molecule has 0 spiro atoms. The van der Waals surface area contributed by atoms with Crippen LogP contribution in [0.5, 0.6) is 0 Å². The monoisotopic (exact) mass is 248 g/mol. The second-order valence-electron chi connectivity index (χ2n) is 2.85. The molecule has 84 valence electrons. The Morgan fingerprint density at radius 1 is 1.19 bits per heavy atom. The van der Waals surface area contributed by atoms with E-state index in [4.69, 9.17) is 11.6 Å². The highest BCUT2D eigenvalue weighted by Crippen LogP contribution is 2.25. The second-order valence-corrected chi connectivity index (χ2v) is 3.23. The predicted octanol–water partition coefficient (Wildman–Crippen LogP) is 2.33. The molecule has 0 amide bonds. The zero-order chi connectivity index (χ0) is 11.8. The molecule has 2 aromatic rings. The summed E-state index contributed by atoms with van der Waals surface area (Å²) in [5.74, 6) is -1.19. The fourth-order valence-electron chi connectivity index (χ4n) is 1.03. The molecule has 0 aromatic carbocycles. The molecule has 2 aromatic heterocycles. The van der Waals surface area contributed by atoms with Gasteiger partial charge >= 0.3 is 6.18 Å². The smallest absolute Gasteiger partial charge is 0.236 e. The van der Waals surface area contributed by atoms with Crippen molar-refractivity contribution in [3.8, 4) is 5.69 Å². The Balaban J connectivity index is 2.33. The molecule has 0 bridgehead atoms. The predicted molar refractivity (Wildman–Crippen MR) is 49.2 cm³/mol. The van der Waals surface area contributed by atoms with Gasteiger partial charge in [0, 0.05) is 6.20 Å². The van der Waals surface area contributed by atoms with Crippen LogP contribution < -0.4 is 0 Å². The standard InChI is InChI=1S/C8H4ClF3N4/c9-6-1-2-16(15-6)5-3-13-7(14-4-5)8(10,11)12/h1-4H. The molecule has 8 heteroatoms. The summed E-state index contributed by atoms with van der Waals surface area (Å²) in [5.41, 5.74) is 0.305. The lowest BCUT2D eigenvalue weighted by Gasteiger charge is -2.05. The Bertz CT molecular complexity index is 491. The maximum Gasteiger partial charge on any atom is 0.451 e. The highest BCUT2D eigenvalue weighted by Gasteiger charge is 2.34. The van der Waals surface area contributed by atoms with E-state index in [1.165, 1.54) is 16.9 Å². The van der Waals surface area contributed by atoms with Crippen LogP contribution in [0.4, 0.5) is 13.2 Å². The molecule has 0 saturated heterocycles. The first-order valence-corrected chi connectivity index (χ1v) is 4.45. The number of nitrogens with zero attached hydrogens (tertiary/aromatic N) is 4. The summed E-state index contributed by atoms with van der Waals surface area (Å²) in [4.78, 5) is 6.39. The fourth-order valence-corrected chi connectivity index (χ4v) is 1.17. The summed E-state index contributed by atoms with van der Waals surface area (Å²) in [5, 5.41) is 4.03. The van der Waals surface area contributed by atoms with E-state index < -0.39 is 12.0 Å². The largest absolute Gasteiger partial charge is 0.451 e. The molecule has 0 atom stereocenters. The maximum absolute atomic E-state index is 12.2. The van der Waals surface area contributed by atoms with Gasteiger partial charge in [-0.15, -0.1) is 0 Å². The zero-order valence-corrected chi connectivity index (χ0v) is 8.37. The van der Waals surface area contributed by atoms with E-state index in [2.05, 4.69) is 15.1 Å². The lowest BCUT2D eigenvalue weighted by atomic mass is 10.5. The molecule has 0 aliphatic heterocycles. The van der Waals surface area contributed by atoms with Crippen molar-refractivity contribution in [3.05, 3.63) is 35.6 Å². The number of hydrogen-bond acceptors (Lipinski definition) is 3. The number of rotatable bonds is 1. The lowest BCUT2D eigenvalue weighted by molar-refractivity contribution is -0.145. The van der Waals surface area contributed by atoms with E-state index in [1.54, 1.807) is 0 Å². The van der Waals surface area contributed by atoms with E-state index in [0.717, 1.165) is 12.4 Å². The molecule has 0 aliphatic rings. The average Bonchev–Trinajstić information content (AvgIpc) is 2.64. The van der Waals surface area contributed by atoms with Gasteiger partial charge in [0.15, 0.2) is 5.15 Å². The first-order chi connectivity index (χ1) is 7.47. The molecule has 0 saturated carbocycles. The van der Waals surface area contributed by atoms with Crippen molar-refractivity contribution in [3.63, 3.8) is 0 Å². The summed E-state index contributed by atoms with van der Waals surface area (Å²) in [6, 6.07) is 1.50. The van der Waals surface area contributed by atoms with Crippen molar-refractivity contribution in [2.24, 2.45) is 0 Å². The van der Waals surface area contributed by atoms with Crippen LogP contribution in [0.25, 0.3) is 5.69 Å². The molecule has 0 fully saturated rings. The van der Waals surface area contributed by atoms with Crippen molar-refractivity contribution in [1.29, 1.82) is 0 Å². The van der Waals surface area contributed by atoms with E-state index in [0.29, 0.717) is 5.69 Å². The fraction of sp³-hybridized carbons (Fsp3) is 0.125. The van der Waals surface area contributed by atoms with Crippen molar-refractivity contribution >= 4 is 11.6 Å². The summed E-state index contributed by atoms with van der Waals surface area (Å²) in [6.07, 6.45) is -0.993. The van der Waals surface area contributed by atoms with Crippen molar-refractivity contribution in [1.82, 2.24) is 19.7 Å². The number of aromatic nitrogens is 4. The third kappa shape index (κ3) is 2.13. The Kier molecular flexibility index (Phi) is 2.55. The van der Waals surface area contributed by atoms with Gasteiger partial charge in [-0.1, -0.05) is 11.6 Å². The molecule has 2 heterocycles. The molecule has 0 unspecified atom stereocenters. The molecule has 2 rings (SSSR count). The molecule has 0 N–H and O–H groups in total. The Morgan fingerprint density at radius 3 is 2.25 bits per heavy atom. The molecule has 4 nitrogen and oxygen atoms in total. The number of halogens is 4.